The lowest BCUT2D eigenvalue weighted by atomic mass is 9.91. The summed E-state index contributed by atoms with van der Waals surface area (Å²) >= 11 is 0. The van der Waals surface area contributed by atoms with Crippen LogP contribution >= 0.6 is 0 Å². The predicted molar refractivity (Wildman–Crippen MR) is 103 cm³/mol. The van der Waals surface area contributed by atoms with Crippen molar-refractivity contribution in [3.63, 3.8) is 0 Å². The maximum absolute atomic E-state index is 14.1. The van der Waals surface area contributed by atoms with Crippen LogP contribution in [0.2, 0.25) is 0 Å². The minimum absolute atomic E-state index is 0.107. The van der Waals surface area contributed by atoms with Gasteiger partial charge in [0.15, 0.2) is 5.60 Å². The molecular formula is C21H27FN2O4. The largest absolute Gasteiger partial charge is 0.497 e. The Morgan fingerprint density at radius 1 is 1.36 bits per heavy atom. The fourth-order valence-electron chi connectivity index (χ4n) is 3.51. The topological polar surface area (TPSA) is 74.9 Å². The van der Waals surface area contributed by atoms with E-state index in [0.29, 0.717) is 43.7 Å². The van der Waals surface area contributed by atoms with E-state index in [-0.39, 0.29) is 19.0 Å². The van der Waals surface area contributed by atoms with Gasteiger partial charge in [-0.2, -0.15) is 0 Å². The molecule has 1 atom stereocenters. The van der Waals surface area contributed by atoms with E-state index < -0.39 is 11.4 Å². The van der Waals surface area contributed by atoms with E-state index in [1.54, 1.807) is 6.07 Å². The second-order valence-electron chi connectivity index (χ2n) is 7.26. The minimum atomic E-state index is -1.48. The van der Waals surface area contributed by atoms with Crippen LogP contribution in [0.25, 0.3) is 0 Å². The molecule has 1 aliphatic heterocycles. The lowest BCUT2D eigenvalue weighted by molar-refractivity contribution is -0.157. The van der Waals surface area contributed by atoms with Gasteiger partial charge in [-0.05, 0) is 50.1 Å². The van der Waals surface area contributed by atoms with Gasteiger partial charge >= 0.3 is 0 Å². The van der Waals surface area contributed by atoms with E-state index in [0.717, 1.165) is 11.5 Å². The van der Waals surface area contributed by atoms with Crippen LogP contribution in [-0.2, 0) is 17.8 Å². The molecule has 0 saturated carbocycles. The standard InChI is InChI=1S/C21H27FN2O4/c1-15-4-5-17(28-15)8-10-23-14-21(26)9-3-11-24(20(21)25)13-16-12-18(27-2)6-7-19(16)22/h4-7,12,23,26H,3,8-11,13-14H2,1-2H3/t21-/m1/s1. The number of aliphatic hydroxyl groups is 1. The van der Waals surface area contributed by atoms with Gasteiger partial charge in [0.2, 0.25) is 0 Å². The summed E-state index contributed by atoms with van der Waals surface area (Å²) in [5.74, 6) is 1.49. The summed E-state index contributed by atoms with van der Waals surface area (Å²) in [7, 11) is 1.51. The summed E-state index contributed by atoms with van der Waals surface area (Å²) in [6.07, 6.45) is 1.72. The van der Waals surface area contributed by atoms with Crippen molar-refractivity contribution in [2.24, 2.45) is 0 Å². The Kier molecular flexibility index (Phi) is 6.36. The number of amides is 1. The molecule has 7 heteroatoms. The number of nitrogens with zero attached hydrogens (tertiary/aromatic N) is 1. The van der Waals surface area contributed by atoms with Gasteiger partial charge in [-0.1, -0.05) is 0 Å². The van der Waals surface area contributed by atoms with Gasteiger partial charge in [0.05, 0.1) is 7.11 Å². The van der Waals surface area contributed by atoms with Crippen LogP contribution in [0.15, 0.2) is 34.7 Å². The first-order valence-corrected chi connectivity index (χ1v) is 9.51. The molecule has 0 unspecified atom stereocenters. The minimum Gasteiger partial charge on any atom is -0.497 e. The number of nitrogens with one attached hydrogen (secondary N) is 1. The number of carbonyl (C=O) groups is 1. The number of halogens is 1. The van der Waals surface area contributed by atoms with Crippen LogP contribution < -0.4 is 10.1 Å². The zero-order valence-electron chi connectivity index (χ0n) is 16.3. The number of furan rings is 1. The molecule has 1 aliphatic rings. The normalized spacial score (nSPS) is 19.9. The van der Waals surface area contributed by atoms with Gasteiger partial charge in [-0.25, -0.2) is 4.39 Å². The Hall–Kier alpha value is -2.38. The summed E-state index contributed by atoms with van der Waals surface area (Å²) in [4.78, 5) is 14.4. The number of likely N-dealkylation sites (tertiary alicyclic amines) is 1. The molecular weight excluding hydrogens is 363 g/mol. The van der Waals surface area contributed by atoms with Gasteiger partial charge in [0.1, 0.15) is 23.1 Å². The molecule has 1 aromatic heterocycles. The highest BCUT2D eigenvalue weighted by atomic mass is 19.1. The van der Waals surface area contributed by atoms with E-state index in [1.165, 1.54) is 24.1 Å². The van der Waals surface area contributed by atoms with Crippen molar-refractivity contribution in [1.29, 1.82) is 0 Å². The van der Waals surface area contributed by atoms with Gasteiger partial charge in [0.25, 0.3) is 5.91 Å². The Morgan fingerprint density at radius 3 is 2.89 bits per heavy atom. The van der Waals surface area contributed by atoms with E-state index in [1.807, 2.05) is 19.1 Å². The van der Waals surface area contributed by atoms with E-state index in [4.69, 9.17) is 9.15 Å². The molecule has 0 spiro atoms. The zero-order chi connectivity index (χ0) is 20.1. The van der Waals surface area contributed by atoms with Crippen molar-refractivity contribution in [3.8, 4) is 5.75 Å². The summed E-state index contributed by atoms with van der Waals surface area (Å²) in [5, 5.41) is 14.0. The second-order valence-corrected chi connectivity index (χ2v) is 7.26. The average molecular weight is 390 g/mol. The first-order chi connectivity index (χ1) is 13.4. The predicted octanol–water partition coefficient (Wildman–Crippen LogP) is 2.42. The monoisotopic (exact) mass is 390 g/mol. The molecule has 6 nitrogen and oxygen atoms in total. The first kappa shape index (κ1) is 20.4. The van der Waals surface area contributed by atoms with Crippen LogP contribution in [0, 0.1) is 12.7 Å². The highest BCUT2D eigenvalue weighted by molar-refractivity contribution is 5.86. The highest BCUT2D eigenvalue weighted by Crippen LogP contribution is 2.25. The lowest BCUT2D eigenvalue weighted by Gasteiger charge is -2.38. The summed E-state index contributed by atoms with van der Waals surface area (Å²) in [6, 6.07) is 8.27. The third-order valence-electron chi connectivity index (χ3n) is 5.08. The Morgan fingerprint density at radius 2 is 2.18 bits per heavy atom. The van der Waals surface area contributed by atoms with Crippen LogP contribution in [0.1, 0.15) is 29.9 Å². The Labute approximate surface area is 164 Å². The third kappa shape index (κ3) is 4.72. The van der Waals surface area contributed by atoms with Crippen molar-refractivity contribution in [2.45, 2.75) is 38.3 Å². The summed E-state index contributed by atoms with van der Waals surface area (Å²) < 4.78 is 24.8. The molecule has 1 aromatic carbocycles. The van der Waals surface area contributed by atoms with Crippen LogP contribution in [0.4, 0.5) is 4.39 Å². The molecule has 2 heterocycles. The van der Waals surface area contributed by atoms with Crippen LogP contribution in [0.5, 0.6) is 5.75 Å². The SMILES string of the molecule is COc1ccc(F)c(CN2CCC[C@@](O)(CNCCc3ccc(C)o3)C2=O)c1. The Balaban J connectivity index is 1.57. The number of rotatable bonds is 8. The van der Waals surface area contributed by atoms with E-state index in [2.05, 4.69) is 5.32 Å². The van der Waals surface area contributed by atoms with Crippen LogP contribution in [0.3, 0.4) is 0 Å². The Bertz CT molecular complexity index is 822. The quantitative estimate of drug-likeness (QED) is 0.677. The number of ether oxygens (including phenoxy) is 1. The molecule has 28 heavy (non-hydrogen) atoms. The number of carbonyl (C=O) groups excluding carboxylic acids is 1. The molecule has 3 rings (SSSR count). The van der Waals surface area contributed by atoms with Gasteiger partial charge < -0.3 is 24.5 Å². The van der Waals surface area contributed by atoms with Gasteiger partial charge in [0, 0.05) is 38.2 Å². The number of methoxy groups -OCH3 is 1. The lowest BCUT2D eigenvalue weighted by Crippen LogP contribution is -2.57. The smallest absolute Gasteiger partial charge is 0.256 e. The number of benzene rings is 1. The molecule has 0 aliphatic carbocycles. The van der Waals surface area contributed by atoms with Gasteiger partial charge in [-0.15, -0.1) is 0 Å². The zero-order valence-corrected chi connectivity index (χ0v) is 16.3. The average Bonchev–Trinajstić information content (AvgIpc) is 3.10. The first-order valence-electron chi connectivity index (χ1n) is 9.51. The molecule has 0 radical (unpaired) electrons. The molecule has 1 saturated heterocycles. The van der Waals surface area contributed by atoms with Crippen LogP contribution in [-0.4, -0.2) is 48.3 Å². The maximum Gasteiger partial charge on any atom is 0.256 e. The fourth-order valence-corrected chi connectivity index (χ4v) is 3.51. The number of aryl methyl sites for hydroxylation is 1. The molecule has 2 N–H and O–H groups in total. The fraction of sp³-hybridized carbons (Fsp3) is 0.476. The van der Waals surface area contributed by atoms with E-state index in [9.17, 15) is 14.3 Å². The van der Waals surface area contributed by atoms with Gasteiger partial charge in [-0.3, -0.25) is 4.79 Å². The number of piperidine rings is 1. The van der Waals surface area contributed by atoms with Crippen molar-refractivity contribution in [1.82, 2.24) is 10.2 Å². The van der Waals surface area contributed by atoms with Crippen molar-refractivity contribution in [3.05, 3.63) is 53.2 Å². The molecule has 152 valence electrons. The molecule has 1 fully saturated rings. The van der Waals surface area contributed by atoms with Crippen molar-refractivity contribution < 1.29 is 23.4 Å². The van der Waals surface area contributed by atoms with E-state index >= 15 is 0 Å². The summed E-state index contributed by atoms with van der Waals surface area (Å²) in [6.45, 7) is 3.23. The number of hydrogen-bond acceptors (Lipinski definition) is 5. The number of hydrogen-bond donors (Lipinski definition) is 2. The molecule has 1 amide bonds. The third-order valence-corrected chi connectivity index (χ3v) is 5.08. The molecule has 0 bridgehead atoms. The second kappa shape index (κ2) is 8.75. The molecule has 2 aromatic rings. The maximum atomic E-state index is 14.1. The summed E-state index contributed by atoms with van der Waals surface area (Å²) in [5.41, 5.74) is -1.11. The highest BCUT2D eigenvalue weighted by Gasteiger charge is 2.41. The van der Waals surface area contributed by atoms with Crippen molar-refractivity contribution >= 4 is 5.91 Å². The van der Waals surface area contributed by atoms with Crippen molar-refractivity contribution in [2.75, 3.05) is 26.7 Å².